The molecule has 1 aromatic rings. The van der Waals surface area contributed by atoms with Crippen molar-refractivity contribution < 1.29 is 4.79 Å². The number of hydrogen-bond donors (Lipinski definition) is 0. The fourth-order valence-electron chi connectivity index (χ4n) is 2.28. The van der Waals surface area contributed by atoms with Crippen molar-refractivity contribution in [1.82, 2.24) is 0 Å². The van der Waals surface area contributed by atoms with E-state index in [1.165, 1.54) is 18.1 Å². The van der Waals surface area contributed by atoms with E-state index in [4.69, 9.17) is 0 Å². The number of rotatable bonds is 1. The Kier molecular flexibility index (Phi) is 4.87. The lowest BCUT2D eigenvalue weighted by atomic mass is 9.78. The first kappa shape index (κ1) is 17.3. The summed E-state index contributed by atoms with van der Waals surface area (Å²) >= 11 is 0. The molecule has 0 saturated carbocycles. The summed E-state index contributed by atoms with van der Waals surface area (Å²) in [6, 6.07) is 4.16. The van der Waals surface area contributed by atoms with Crippen molar-refractivity contribution in [1.29, 1.82) is 0 Å². The number of carbonyl (C=O) groups is 1. The summed E-state index contributed by atoms with van der Waals surface area (Å²) in [4.78, 5) is 10.9. The summed E-state index contributed by atoms with van der Waals surface area (Å²) in [5.41, 5.74) is 2.38. The SMILES string of the molecule is C=c1c(C(C)(C)C)cc(=C/N=N/C(C)=O)cc1C(C)(C)C. The van der Waals surface area contributed by atoms with Crippen LogP contribution in [0.3, 0.4) is 0 Å². The predicted octanol–water partition coefficient (Wildman–Crippen LogP) is 3.43. The molecule has 0 unspecified atom stereocenters. The van der Waals surface area contributed by atoms with Gasteiger partial charge in [-0.2, -0.15) is 5.11 Å². The molecule has 0 radical (unpaired) electrons. The fourth-order valence-corrected chi connectivity index (χ4v) is 2.28. The van der Waals surface area contributed by atoms with E-state index >= 15 is 0 Å². The second-order valence-corrected chi connectivity index (χ2v) is 7.46. The van der Waals surface area contributed by atoms with Gasteiger partial charge in [-0.1, -0.05) is 48.1 Å². The highest BCUT2D eigenvalue weighted by molar-refractivity contribution is 5.73. The summed E-state index contributed by atoms with van der Waals surface area (Å²) in [6.07, 6.45) is 1.63. The van der Waals surface area contributed by atoms with Crippen molar-refractivity contribution in [3.8, 4) is 0 Å². The molecule has 0 atom stereocenters. The monoisotopic (exact) mass is 286 g/mol. The maximum Gasteiger partial charge on any atom is 0.261 e. The summed E-state index contributed by atoms with van der Waals surface area (Å²) in [5, 5.41) is 9.41. The van der Waals surface area contributed by atoms with Gasteiger partial charge in [-0.3, -0.25) is 4.79 Å². The zero-order valence-corrected chi connectivity index (χ0v) is 14.2. The molecule has 21 heavy (non-hydrogen) atoms. The van der Waals surface area contributed by atoms with Crippen molar-refractivity contribution in [2.45, 2.75) is 59.3 Å². The van der Waals surface area contributed by atoms with Crippen molar-refractivity contribution in [3.63, 3.8) is 0 Å². The summed E-state index contributed by atoms with van der Waals surface area (Å²) < 4.78 is 0. The van der Waals surface area contributed by atoms with Gasteiger partial charge in [-0.15, -0.1) is 5.11 Å². The Morgan fingerprint density at radius 2 is 1.48 bits per heavy atom. The van der Waals surface area contributed by atoms with Crippen LogP contribution in [-0.2, 0) is 15.6 Å². The van der Waals surface area contributed by atoms with Gasteiger partial charge in [0, 0.05) is 6.92 Å². The second-order valence-electron chi connectivity index (χ2n) is 7.46. The van der Waals surface area contributed by atoms with Gasteiger partial charge < -0.3 is 0 Å². The Morgan fingerprint density at radius 1 is 1.05 bits per heavy atom. The zero-order chi connectivity index (χ0) is 16.4. The number of nitrogens with zero attached hydrogens (tertiary/aromatic N) is 2. The van der Waals surface area contributed by atoms with Crippen LogP contribution in [-0.4, -0.2) is 5.91 Å². The van der Waals surface area contributed by atoms with E-state index in [1.807, 2.05) is 0 Å². The predicted molar refractivity (Wildman–Crippen MR) is 88.6 cm³/mol. The van der Waals surface area contributed by atoms with Crippen LogP contribution >= 0.6 is 0 Å². The molecule has 0 aromatic heterocycles. The van der Waals surface area contributed by atoms with Gasteiger partial charge in [-0.25, -0.2) is 0 Å². The van der Waals surface area contributed by atoms with Gasteiger partial charge in [0.15, 0.2) is 0 Å². The summed E-state index contributed by atoms with van der Waals surface area (Å²) in [5.74, 6) is -0.299. The maximum atomic E-state index is 10.9. The molecule has 1 amide bonds. The molecule has 0 aliphatic carbocycles. The van der Waals surface area contributed by atoms with Gasteiger partial charge in [0.05, 0.1) is 6.20 Å². The van der Waals surface area contributed by atoms with E-state index in [2.05, 4.69) is 70.5 Å². The van der Waals surface area contributed by atoms with Gasteiger partial charge in [0.2, 0.25) is 0 Å². The van der Waals surface area contributed by atoms with Gasteiger partial charge >= 0.3 is 0 Å². The van der Waals surface area contributed by atoms with Crippen LogP contribution in [0.4, 0.5) is 0 Å². The van der Waals surface area contributed by atoms with Crippen molar-refractivity contribution in [3.05, 3.63) is 33.7 Å². The van der Waals surface area contributed by atoms with Gasteiger partial charge in [0.1, 0.15) is 0 Å². The molecule has 0 N–H and O–H groups in total. The first-order chi connectivity index (χ1) is 9.43. The van der Waals surface area contributed by atoms with E-state index in [1.54, 1.807) is 6.20 Å². The molecular weight excluding hydrogens is 260 g/mol. The van der Waals surface area contributed by atoms with Crippen LogP contribution in [0.1, 0.15) is 59.6 Å². The first-order valence-corrected chi connectivity index (χ1v) is 7.18. The molecule has 0 aliphatic heterocycles. The smallest absolute Gasteiger partial charge is 0.261 e. The third kappa shape index (κ3) is 4.62. The molecule has 0 heterocycles. The number of amides is 1. The molecule has 0 saturated heterocycles. The molecule has 0 aliphatic rings. The van der Waals surface area contributed by atoms with Crippen LogP contribution in [0.2, 0.25) is 0 Å². The normalized spacial score (nSPS) is 12.7. The third-order valence-electron chi connectivity index (χ3n) is 3.29. The number of azo groups is 1. The van der Waals surface area contributed by atoms with E-state index in [0.29, 0.717) is 0 Å². The Hall–Kier alpha value is -1.77. The highest BCUT2D eigenvalue weighted by atomic mass is 16.1. The summed E-state index contributed by atoms with van der Waals surface area (Å²) in [6.45, 7) is 18.7. The Labute approximate surface area is 127 Å². The van der Waals surface area contributed by atoms with Gasteiger partial charge in [0.25, 0.3) is 5.91 Å². The fraction of sp³-hybridized carbons (Fsp3) is 0.500. The topological polar surface area (TPSA) is 41.8 Å². The maximum absolute atomic E-state index is 10.9. The molecule has 0 spiro atoms. The van der Waals surface area contributed by atoms with Crippen LogP contribution in [0, 0.1) is 0 Å². The van der Waals surface area contributed by atoms with Gasteiger partial charge in [-0.05, 0) is 44.5 Å². The molecular formula is C18H26N2O. The number of benzene rings is 1. The number of carbonyl (C=O) groups excluding carboxylic acids is 1. The molecule has 3 nitrogen and oxygen atoms in total. The molecule has 1 aromatic carbocycles. The van der Waals surface area contributed by atoms with E-state index < -0.39 is 0 Å². The van der Waals surface area contributed by atoms with Crippen molar-refractivity contribution in [2.24, 2.45) is 10.2 Å². The molecule has 3 heteroatoms. The number of hydrogen-bond acceptors (Lipinski definition) is 2. The van der Waals surface area contributed by atoms with E-state index in [0.717, 1.165) is 10.4 Å². The quantitative estimate of drug-likeness (QED) is 0.729. The highest BCUT2D eigenvalue weighted by Crippen LogP contribution is 2.22. The minimum absolute atomic E-state index is 0.00134. The molecule has 1 rings (SSSR count). The Balaban J connectivity index is 3.63. The molecule has 0 bridgehead atoms. The Morgan fingerprint density at radius 3 is 1.81 bits per heavy atom. The molecule has 0 fully saturated rings. The largest absolute Gasteiger partial charge is 0.271 e. The lowest BCUT2D eigenvalue weighted by molar-refractivity contribution is -0.116. The summed E-state index contributed by atoms with van der Waals surface area (Å²) in [7, 11) is 0. The van der Waals surface area contributed by atoms with Crippen LogP contribution in [0.15, 0.2) is 22.4 Å². The molecule has 114 valence electrons. The van der Waals surface area contributed by atoms with Crippen LogP contribution in [0.5, 0.6) is 0 Å². The lowest BCUT2D eigenvalue weighted by Crippen LogP contribution is -2.32. The van der Waals surface area contributed by atoms with Crippen molar-refractivity contribution >= 4 is 18.7 Å². The standard InChI is InChI=1S/C18H26N2O/c1-12-15(17(3,4)5)9-14(11-19-20-13(2)21)10-16(12)18(6,7)8/h9-11H,1H2,2-8H3/b20-19+. The average molecular weight is 286 g/mol. The Bertz CT molecular complexity index is 630. The van der Waals surface area contributed by atoms with E-state index in [9.17, 15) is 4.79 Å². The third-order valence-corrected chi connectivity index (χ3v) is 3.29. The zero-order valence-electron chi connectivity index (χ0n) is 14.2. The first-order valence-electron chi connectivity index (χ1n) is 7.18. The van der Waals surface area contributed by atoms with Crippen LogP contribution < -0.4 is 10.4 Å². The van der Waals surface area contributed by atoms with E-state index in [-0.39, 0.29) is 16.7 Å². The highest BCUT2D eigenvalue weighted by Gasteiger charge is 2.21. The lowest BCUT2D eigenvalue weighted by Gasteiger charge is -2.26. The van der Waals surface area contributed by atoms with Crippen LogP contribution in [0.25, 0.3) is 12.8 Å². The second kappa shape index (κ2) is 5.92. The average Bonchev–Trinajstić information content (AvgIpc) is 2.27. The van der Waals surface area contributed by atoms with Crippen molar-refractivity contribution in [2.75, 3.05) is 0 Å². The minimum atomic E-state index is -0.299. The minimum Gasteiger partial charge on any atom is -0.271 e.